The molecule has 3 aromatic heterocycles. The smallest absolute Gasteiger partial charge is 0.404 e. The van der Waals surface area contributed by atoms with Crippen molar-refractivity contribution in [1.82, 2.24) is 20.3 Å². The molecule has 11 nitrogen and oxygen atoms in total. The number of fused-ring (bicyclic) bond motifs is 1. The number of hydrogen-bond donors (Lipinski definition) is 3. The summed E-state index contributed by atoms with van der Waals surface area (Å²) in [5, 5.41) is 15.7. The monoisotopic (exact) mass is 550 g/mol. The molecule has 1 atom stereocenters. The summed E-state index contributed by atoms with van der Waals surface area (Å²) in [6.45, 7) is 5.04. The van der Waals surface area contributed by atoms with E-state index in [4.69, 9.17) is 15.1 Å². The highest BCUT2D eigenvalue weighted by atomic mass is 32.1. The fraction of sp³-hybridized carbons (Fsp3) is 0.519. The molecule has 0 unspecified atom stereocenters. The third-order valence-corrected chi connectivity index (χ3v) is 8.74. The first-order valence-electron chi connectivity index (χ1n) is 13.9. The Hall–Kier alpha value is -3.67. The van der Waals surface area contributed by atoms with E-state index < -0.39 is 6.09 Å². The molecule has 0 aliphatic carbocycles. The van der Waals surface area contributed by atoms with Gasteiger partial charge in [0.1, 0.15) is 11.5 Å². The van der Waals surface area contributed by atoms with Crippen LogP contribution in [0, 0.1) is 0 Å². The van der Waals surface area contributed by atoms with Gasteiger partial charge >= 0.3 is 6.09 Å². The Morgan fingerprint density at radius 2 is 1.64 bits per heavy atom. The third-order valence-electron chi connectivity index (χ3n) is 7.69. The molecule has 3 saturated heterocycles. The van der Waals surface area contributed by atoms with Crippen molar-refractivity contribution in [2.24, 2.45) is 0 Å². The largest absolute Gasteiger partial charge is 0.465 e. The standard InChI is InChI=1S/C27H34N8O3S/c36-25(19-8-7-9-22(29-19)35-15-10-18(17-35)28-27(37)38)30-20-16-21-23(31-24(20)33-11-3-1-4-12-33)32-26(39-21)34-13-5-2-6-14-34/h7-9,16,18,28H,1-6,10-15,17H2,(H,30,36)(H,37,38)/t18-/m0/s1. The Kier molecular flexibility index (Phi) is 7.36. The van der Waals surface area contributed by atoms with Gasteiger partial charge in [-0.3, -0.25) is 4.79 Å². The molecule has 39 heavy (non-hydrogen) atoms. The molecule has 0 spiro atoms. The molecule has 3 aromatic rings. The van der Waals surface area contributed by atoms with Crippen molar-refractivity contribution in [3.63, 3.8) is 0 Å². The van der Waals surface area contributed by atoms with Crippen molar-refractivity contribution in [2.45, 2.75) is 51.0 Å². The number of nitrogens with zero attached hydrogens (tertiary/aromatic N) is 6. The Morgan fingerprint density at radius 1 is 0.897 bits per heavy atom. The van der Waals surface area contributed by atoms with Gasteiger partial charge in [0.2, 0.25) is 0 Å². The van der Waals surface area contributed by atoms with Gasteiger partial charge in [0.25, 0.3) is 5.91 Å². The molecule has 0 bridgehead atoms. The number of nitrogens with one attached hydrogen (secondary N) is 2. The van der Waals surface area contributed by atoms with Crippen molar-refractivity contribution in [2.75, 3.05) is 59.3 Å². The normalized spacial score (nSPS) is 19.9. The minimum absolute atomic E-state index is 0.152. The minimum atomic E-state index is -1.03. The summed E-state index contributed by atoms with van der Waals surface area (Å²) in [6, 6.07) is 7.24. The Balaban J connectivity index is 1.26. The maximum Gasteiger partial charge on any atom is 0.404 e. The number of amides is 2. The van der Waals surface area contributed by atoms with Crippen LogP contribution >= 0.6 is 11.3 Å². The lowest BCUT2D eigenvalue weighted by Gasteiger charge is -2.29. The predicted octanol–water partition coefficient (Wildman–Crippen LogP) is 4.17. The van der Waals surface area contributed by atoms with Crippen molar-refractivity contribution in [3.05, 3.63) is 30.0 Å². The van der Waals surface area contributed by atoms with Crippen molar-refractivity contribution < 1.29 is 14.7 Å². The molecule has 3 N–H and O–H groups in total. The van der Waals surface area contributed by atoms with Gasteiger partial charge in [0, 0.05) is 39.3 Å². The number of hydrogen-bond acceptors (Lipinski definition) is 9. The van der Waals surface area contributed by atoms with Gasteiger partial charge in [0.05, 0.1) is 16.4 Å². The zero-order valence-electron chi connectivity index (χ0n) is 21.9. The number of piperidine rings is 2. The van der Waals surface area contributed by atoms with E-state index in [2.05, 4.69) is 25.4 Å². The average Bonchev–Trinajstić information content (AvgIpc) is 3.60. The van der Waals surface area contributed by atoms with E-state index in [1.54, 1.807) is 17.4 Å². The summed E-state index contributed by atoms with van der Waals surface area (Å²) in [5.41, 5.74) is 1.73. The third kappa shape index (κ3) is 5.70. The molecule has 2 amide bonds. The number of anilines is 4. The summed E-state index contributed by atoms with van der Waals surface area (Å²) in [7, 11) is 0. The van der Waals surface area contributed by atoms with Gasteiger partial charge in [0.15, 0.2) is 16.6 Å². The highest BCUT2D eigenvalue weighted by Crippen LogP contribution is 2.36. The first kappa shape index (κ1) is 25.6. The molecule has 6 rings (SSSR count). The van der Waals surface area contributed by atoms with Crippen LogP contribution in [0.15, 0.2) is 24.3 Å². The molecule has 0 aromatic carbocycles. The summed E-state index contributed by atoms with van der Waals surface area (Å²) < 4.78 is 0.961. The lowest BCUT2D eigenvalue weighted by molar-refractivity contribution is 0.102. The summed E-state index contributed by atoms with van der Waals surface area (Å²) in [4.78, 5) is 45.6. The summed E-state index contributed by atoms with van der Waals surface area (Å²) >= 11 is 1.63. The van der Waals surface area contributed by atoms with Gasteiger partial charge in [-0.25, -0.2) is 14.8 Å². The summed E-state index contributed by atoms with van der Waals surface area (Å²) in [5.74, 6) is 1.14. The number of rotatable bonds is 6. The predicted molar refractivity (Wildman–Crippen MR) is 154 cm³/mol. The van der Waals surface area contributed by atoms with Crippen LogP contribution in [0.5, 0.6) is 0 Å². The second kappa shape index (κ2) is 11.2. The second-order valence-corrected chi connectivity index (χ2v) is 11.5. The molecule has 3 fully saturated rings. The fourth-order valence-corrected chi connectivity index (χ4v) is 6.67. The van der Waals surface area contributed by atoms with Gasteiger partial charge in [-0.2, -0.15) is 4.98 Å². The molecular formula is C27H34N8O3S. The van der Waals surface area contributed by atoms with Crippen LogP contribution in [0.25, 0.3) is 10.3 Å². The number of carboxylic acid groups (broad SMARTS) is 1. The Morgan fingerprint density at radius 3 is 2.38 bits per heavy atom. The first-order chi connectivity index (χ1) is 19.0. The molecule has 6 heterocycles. The van der Waals surface area contributed by atoms with Crippen LogP contribution in [0.1, 0.15) is 55.4 Å². The molecule has 0 saturated carbocycles. The number of aromatic nitrogens is 3. The highest BCUT2D eigenvalue weighted by molar-refractivity contribution is 7.22. The Labute approximate surface area is 231 Å². The van der Waals surface area contributed by atoms with Crippen LogP contribution in [0.4, 0.5) is 27.2 Å². The van der Waals surface area contributed by atoms with E-state index in [1.807, 2.05) is 23.1 Å². The van der Waals surface area contributed by atoms with E-state index in [9.17, 15) is 9.59 Å². The van der Waals surface area contributed by atoms with Crippen molar-refractivity contribution >= 4 is 56.1 Å². The number of carbonyl (C=O) groups excluding carboxylic acids is 1. The van der Waals surface area contributed by atoms with E-state index in [1.165, 1.54) is 25.7 Å². The molecule has 206 valence electrons. The summed E-state index contributed by atoms with van der Waals surface area (Å²) in [6.07, 6.45) is 6.70. The lowest BCUT2D eigenvalue weighted by Crippen LogP contribution is -2.36. The Bertz CT molecular complexity index is 1350. The van der Waals surface area contributed by atoms with Crippen molar-refractivity contribution in [1.29, 1.82) is 0 Å². The zero-order chi connectivity index (χ0) is 26.8. The van der Waals surface area contributed by atoms with Crippen LogP contribution in [-0.4, -0.2) is 77.4 Å². The topological polar surface area (TPSA) is 127 Å². The minimum Gasteiger partial charge on any atom is -0.465 e. The van der Waals surface area contributed by atoms with Crippen LogP contribution in [0.3, 0.4) is 0 Å². The molecule has 3 aliphatic rings. The maximum atomic E-state index is 13.5. The van der Waals surface area contributed by atoms with Gasteiger partial charge in [-0.1, -0.05) is 17.4 Å². The number of carbonyl (C=O) groups is 2. The fourth-order valence-electron chi connectivity index (χ4n) is 5.67. The highest BCUT2D eigenvalue weighted by Gasteiger charge is 2.26. The second-order valence-electron chi connectivity index (χ2n) is 10.5. The SMILES string of the molecule is O=C(O)N[C@H]1CCN(c2cccc(C(=O)Nc3cc4sc(N5CCCCC5)nc4nc3N3CCCCC3)n2)C1. The lowest BCUT2D eigenvalue weighted by atomic mass is 10.1. The van der Waals surface area contributed by atoms with Gasteiger partial charge in [-0.05, 0) is 63.1 Å². The van der Waals surface area contributed by atoms with Crippen LogP contribution in [0.2, 0.25) is 0 Å². The quantitative estimate of drug-likeness (QED) is 0.414. The molecule has 0 radical (unpaired) electrons. The van der Waals surface area contributed by atoms with Crippen LogP contribution < -0.4 is 25.3 Å². The van der Waals surface area contributed by atoms with Crippen LogP contribution in [-0.2, 0) is 0 Å². The zero-order valence-corrected chi connectivity index (χ0v) is 22.8. The number of thiazole rings is 1. The van der Waals surface area contributed by atoms with E-state index in [0.717, 1.165) is 60.3 Å². The van der Waals surface area contributed by atoms with Crippen molar-refractivity contribution in [3.8, 4) is 0 Å². The maximum absolute atomic E-state index is 13.5. The van der Waals surface area contributed by atoms with E-state index in [-0.39, 0.29) is 11.9 Å². The molecule has 12 heteroatoms. The molecular weight excluding hydrogens is 516 g/mol. The van der Waals surface area contributed by atoms with E-state index in [0.29, 0.717) is 36.7 Å². The first-order valence-corrected chi connectivity index (χ1v) is 14.7. The van der Waals surface area contributed by atoms with Gasteiger partial charge in [-0.15, -0.1) is 0 Å². The molecule has 3 aliphatic heterocycles. The van der Waals surface area contributed by atoms with E-state index >= 15 is 0 Å². The average molecular weight is 551 g/mol. The number of pyridine rings is 2. The van der Waals surface area contributed by atoms with Gasteiger partial charge < -0.3 is 30.4 Å².